The molecule has 0 fully saturated rings. The number of aryl methyl sites for hydroxylation is 1. The first-order chi connectivity index (χ1) is 8.51. The first-order valence-corrected chi connectivity index (χ1v) is 5.86. The summed E-state index contributed by atoms with van der Waals surface area (Å²) in [6.45, 7) is 5.58. The third-order valence-corrected chi connectivity index (χ3v) is 3.04. The number of carbonyl (C=O) groups is 1. The number of hydrogen-bond donors (Lipinski definition) is 2. The van der Waals surface area contributed by atoms with E-state index < -0.39 is 12.0 Å². The Kier molecular flexibility index (Phi) is 4.67. The van der Waals surface area contributed by atoms with Gasteiger partial charge in [-0.15, -0.1) is 0 Å². The van der Waals surface area contributed by atoms with Crippen molar-refractivity contribution in [3.8, 4) is 6.07 Å². The van der Waals surface area contributed by atoms with E-state index in [4.69, 9.17) is 5.26 Å². The number of aromatic nitrogens is 1. The maximum atomic E-state index is 11.2. The molecular weight excluding hydrogens is 230 g/mol. The number of hydrogen-bond acceptors (Lipinski definition) is 4. The Morgan fingerprint density at radius 2 is 2.33 bits per heavy atom. The minimum atomic E-state index is -0.934. The van der Waals surface area contributed by atoms with Gasteiger partial charge in [-0.1, -0.05) is 20.3 Å². The van der Waals surface area contributed by atoms with Gasteiger partial charge in [-0.3, -0.25) is 0 Å². The average molecular weight is 247 g/mol. The third kappa shape index (κ3) is 2.98. The van der Waals surface area contributed by atoms with E-state index in [1.54, 1.807) is 19.2 Å². The molecule has 0 bridgehead atoms. The van der Waals surface area contributed by atoms with Gasteiger partial charge in [0, 0.05) is 6.20 Å². The smallest absolute Gasteiger partial charge is 0.326 e. The standard InChI is InChI=1S/C13H17N3O2/c1-4-8(2)11(13(17)18)16-12-10(7-14)9(3)5-6-15-12/h5-6,8,11H,4H2,1-3H3,(H,15,16)(H,17,18)/t8-,11-/m0/s1. The highest BCUT2D eigenvalue weighted by Crippen LogP contribution is 2.19. The van der Waals surface area contributed by atoms with Crippen molar-refractivity contribution in [2.24, 2.45) is 5.92 Å². The molecule has 2 N–H and O–H groups in total. The van der Waals surface area contributed by atoms with Crippen molar-refractivity contribution in [2.45, 2.75) is 33.2 Å². The van der Waals surface area contributed by atoms with Crippen LogP contribution in [0, 0.1) is 24.2 Å². The van der Waals surface area contributed by atoms with Crippen LogP contribution >= 0.6 is 0 Å². The maximum Gasteiger partial charge on any atom is 0.326 e. The van der Waals surface area contributed by atoms with Crippen LogP contribution in [-0.2, 0) is 4.79 Å². The Hall–Kier alpha value is -2.09. The fraction of sp³-hybridized carbons (Fsp3) is 0.462. The molecule has 1 aromatic rings. The molecule has 1 aromatic heterocycles. The molecule has 2 atom stereocenters. The van der Waals surface area contributed by atoms with Gasteiger partial charge < -0.3 is 10.4 Å². The lowest BCUT2D eigenvalue weighted by Gasteiger charge is -2.21. The van der Waals surface area contributed by atoms with Crippen molar-refractivity contribution in [1.82, 2.24) is 4.98 Å². The summed E-state index contributed by atoms with van der Waals surface area (Å²) < 4.78 is 0. The minimum absolute atomic E-state index is 0.0450. The highest BCUT2D eigenvalue weighted by atomic mass is 16.4. The molecule has 0 saturated heterocycles. The first-order valence-electron chi connectivity index (χ1n) is 5.86. The van der Waals surface area contributed by atoms with E-state index in [9.17, 15) is 9.90 Å². The van der Waals surface area contributed by atoms with Crippen LogP contribution in [-0.4, -0.2) is 22.1 Å². The van der Waals surface area contributed by atoms with Gasteiger partial charge in [0.15, 0.2) is 0 Å². The van der Waals surface area contributed by atoms with Crippen molar-refractivity contribution < 1.29 is 9.90 Å². The number of aliphatic carboxylic acids is 1. The summed E-state index contributed by atoms with van der Waals surface area (Å²) in [5.41, 5.74) is 1.18. The fourth-order valence-corrected chi connectivity index (χ4v) is 1.64. The molecular formula is C13H17N3O2. The topological polar surface area (TPSA) is 86.0 Å². The monoisotopic (exact) mass is 247 g/mol. The maximum absolute atomic E-state index is 11.2. The van der Waals surface area contributed by atoms with Crippen molar-refractivity contribution in [1.29, 1.82) is 5.26 Å². The predicted octanol–water partition coefficient (Wildman–Crippen LogP) is 2.17. The van der Waals surface area contributed by atoms with E-state index in [-0.39, 0.29) is 5.92 Å². The van der Waals surface area contributed by atoms with Gasteiger partial charge in [-0.05, 0) is 24.5 Å². The van der Waals surface area contributed by atoms with E-state index in [0.717, 1.165) is 12.0 Å². The van der Waals surface area contributed by atoms with Gasteiger partial charge in [-0.2, -0.15) is 5.26 Å². The van der Waals surface area contributed by atoms with E-state index in [1.165, 1.54) is 0 Å². The van der Waals surface area contributed by atoms with Gasteiger partial charge in [0.25, 0.3) is 0 Å². The lowest BCUT2D eigenvalue weighted by molar-refractivity contribution is -0.139. The molecule has 96 valence electrons. The number of nitriles is 1. The minimum Gasteiger partial charge on any atom is -0.480 e. The highest BCUT2D eigenvalue weighted by molar-refractivity contribution is 5.78. The van der Waals surface area contributed by atoms with Crippen molar-refractivity contribution >= 4 is 11.8 Å². The second-order valence-corrected chi connectivity index (χ2v) is 4.31. The van der Waals surface area contributed by atoms with Crippen molar-refractivity contribution in [3.05, 3.63) is 23.4 Å². The second-order valence-electron chi connectivity index (χ2n) is 4.31. The molecule has 0 aromatic carbocycles. The summed E-state index contributed by atoms with van der Waals surface area (Å²) in [6.07, 6.45) is 2.30. The molecule has 0 radical (unpaired) electrons. The molecule has 18 heavy (non-hydrogen) atoms. The summed E-state index contributed by atoms with van der Waals surface area (Å²) in [5, 5.41) is 21.1. The second kappa shape index (κ2) is 6.01. The number of carboxylic acids is 1. The Balaban J connectivity index is 3.06. The van der Waals surface area contributed by atoms with E-state index in [2.05, 4.69) is 10.3 Å². The van der Waals surface area contributed by atoms with Gasteiger partial charge in [0.05, 0.1) is 5.56 Å². The number of pyridine rings is 1. The van der Waals surface area contributed by atoms with E-state index in [0.29, 0.717) is 11.4 Å². The molecule has 1 rings (SSSR count). The molecule has 5 heteroatoms. The van der Waals surface area contributed by atoms with Gasteiger partial charge in [0.1, 0.15) is 17.9 Å². The quantitative estimate of drug-likeness (QED) is 0.832. The Morgan fingerprint density at radius 1 is 1.67 bits per heavy atom. The van der Waals surface area contributed by atoms with Crippen LogP contribution in [0.3, 0.4) is 0 Å². The molecule has 0 aliphatic heterocycles. The zero-order valence-electron chi connectivity index (χ0n) is 10.8. The van der Waals surface area contributed by atoms with Crippen LogP contribution in [0.25, 0.3) is 0 Å². The SMILES string of the molecule is CC[C@H](C)[C@H](Nc1nccc(C)c1C#N)C(=O)O. The lowest BCUT2D eigenvalue weighted by Crippen LogP contribution is -2.36. The van der Waals surface area contributed by atoms with Crippen molar-refractivity contribution in [2.75, 3.05) is 5.32 Å². The van der Waals surface area contributed by atoms with Gasteiger partial charge in [0.2, 0.25) is 0 Å². The summed E-state index contributed by atoms with van der Waals surface area (Å²) in [5.74, 6) is -0.641. The van der Waals surface area contributed by atoms with E-state index in [1.807, 2.05) is 19.9 Å². The van der Waals surface area contributed by atoms with Gasteiger partial charge >= 0.3 is 5.97 Å². The van der Waals surface area contributed by atoms with Crippen LogP contribution in [0.15, 0.2) is 12.3 Å². The molecule has 0 spiro atoms. The Morgan fingerprint density at radius 3 is 2.83 bits per heavy atom. The fourth-order valence-electron chi connectivity index (χ4n) is 1.64. The zero-order chi connectivity index (χ0) is 13.7. The third-order valence-electron chi connectivity index (χ3n) is 3.04. The number of carboxylic acid groups (broad SMARTS) is 1. The van der Waals surface area contributed by atoms with Crippen LogP contribution < -0.4 is 5.32 Å². The molecule has 0 amide bonds. The predicted molar refractivity (Wildman–Crippen MR) is 68.2 cm³/mol. The first kappa shape index (κ1) is 14.0. The summed E-state index contributed by atoms with van der Waals surface area (Å²) >= 11 is 0. The molecule has 0 saturated carbocycles. The average Bonchev–Trinajstić information content (AvgIpc) is 2.34. The molecule has 0 aliphatic rings. The Bertz CT molecular complexity index is 480. The van der Waals surface area contributed by atoms with Gasteiger partial charge in [-0.25, -0.2) is 9.78 Å². The molecule has 0 unspecified atom stereocenters. The van der Waals surface area contributed by atoms with Crippen LogP contribution in [0.2, 0.25) is 0 Å². The van der Waals surface area contributed by atoms with Crippen LogP contribution in [0.4, 0.5) is 5.82 Å². The van der Waals surface area contributed by atoms with Crippen molar-refractivity contribution in [3.63, 3.8) is 0 Å². The lowest BCUT2D eigenvalue weighted by atomic mass is 9.99. The normalized spacial score (nSPS) is 13.4. The number of nitrogens with one attached hydrogen (secondary N) is 1. The zero-order valence-corrected chi connectivity index (χ0v) is 10.8. The molecule has 1 heterocycles. The molecule has 0 aliphatic carbocycles. The van der Waals surface area contributed by atoms with Crippen LogP contribution in [0.5, 0.6) is 0 Å². The summed E-state index contributed by atoms with van der Waals surface area (Å²) in [4.78, 5) is 15.3. The largest absolute Gasteiger partial charge is 0.480 e. The summed E-state index contributed by atoms with van der Waals surface area (Å²) in [6, 6.07) is 3.03. The van der Waals surface area contributed by atoms with Crippen LogP contribution in [0.1, 0.15) is 31.4 Å². The van der Waals surface area contributed by atoms with E-state index >= 15 is 0 Å². The Labute approximate surface area is 106 Å². The number of anilines is 1. The molecule has 5 nitrogen and oxygen atoms in total. The number of nitrogens with zero attached hydrogens (tertiary/aromatic N) is 2. The summed E-state index contributed by atoms with van der Waals surface area (Å²) in [7, 11) is 0. The number of rotatable bonds is 5. The highest BCUT2D eigenvalue weighted by Gasteiger charge is 2.24.